The lowest BCUT2D eigenvalue weighted by Gasteiger charge is -2.17. The average Bonchev–Trinajstić information content (AvgIpc) is 2.66. The minimum Gasteiger partial charge on any atom is -0.445 e. The Morgan fingerprint density at radius 3 is 2.50 bits per heavy atom. The lowest BCUT2D eigenvalue weighted by molar-refractivity contribution is -0.384. The molecule has 8 heteroatoms. The lowest BCUT2D eigenvalue weighted by atomic mass is 10.2. The number of nitro benzene ring substituents is 1. The summed E-state index contributed by atoms with van der Waals surface area (Å²) in [5, 5.41) is 13.3. The second-order valence-electron chi connectivity index (χ2n) is 5.45. The molecule has 1 amide bonds. The maximum Gasteiger partial charge on any atom is 0.407 e. The molecule has 1 atom stereocenters. The fourth-order valence-electron chi connectivity index (χ4n) is 2.10. The molecule has 0 saturated carbocycles. The van der Waals surface area contributed by atoms with E-state index in [4.69, 9.17) is 8.92 Å². The Balaban J connectivity index is 1.59. The topological polar surface area (TPSA) is 90.7 Å². The van der Waals surface area contributed by atoms with E-state index >= 15 is 0 Å². The van der Waals surface area contributed by atoms with E-state index in [1.165, 1.54) is 12.1 Å². The van der Waals surface area contributed by atoms with Crippen LogP contribution in [0.3, 0.4) is 0 Å². The molecule has 0 aliphatic carbocycles. The molecule has 26 heavy (non-hydrogen) atoms. The van der Waals surface area contributed by atoms with Gasteiger partial charge in [0.2, 0.25) is 0 Å². The smallest absolute Gasteiger partial charge is 0.407 e. The largest absolute Gasteiger partial charge is 0.445 e. The monoisotopic (exact) mass is 378 g/mol. The summed E-state index contributed by atoms with van der Waals surface area (Å²) in [5.41, 5.74) is 1.00. The number of alkyl carbamates (subject to hydrolysis) is 1. The molecule has 0 aliphatic heterocycles. The Bertz CT molecular complexity index is 709. The molecule has 0 heterocycles. The first-order chi connectivity index (χ1) is 12.6. The van der Waals surface area contributed by atoms with Gasteiger partial charge in [0.15, 0.2) is 0 Å². The van der Waals surface area contributed by atoms with Crippen molar-refractivity contribution in [1.29, 1.82) is 0 Å². The van der Waals surface area contributed by atoms with Crippen LogP contribution < -0.4 is 5.32 Å². The van der Waals surface area contributed by atoms with E-state index in [1.807, 2.05) is 36.6 Å². The van der Waals surface area contributed by atoms with Gasteiger partial charge < -0.3 is 14.2 Å². The third-order valence-electron chi connectivity index (χ3n) is 3.51. The molecular formula is C18H22N2O5S. The summed E-state index contributed by atoms with van der Waals surface area (Å²) in [6, 6.07) is 15.8. The van der Waals surface area contributed by atoms with Crippen LogP contribution in [0, 0.1) is 10.1 Å². The van der Waals surface area contributed by atoms with E-state index in [1.54, 1.807) is 12.1 Å². The number of hydrogen-bond acceptors (Lipinski definition) is 5. The molecule has 7 nitrogen and oxygen atoms in total. The van der Waals surface area contributed by atoms with E-state index in [9.17, 15) is 14.9 Å². The zero-order valence-corrected chi connectivity index (χ0v) is 15.4. The number of ether oxygens (including phenoxy) is 1. The first-order valence-corrected chi connectivity index (χ1v) is 9.82. The Kier molecular flexibility index (Phi) is 7.91. The van der Waals surface area contributed by atoms with Crippen molar-refractivity contribution in [2.75, 3.05) is 19.4 Å². The van der Waals surface area contributed by atoms with Crippen LogP contribution in [0.15, 0.2) is 59.5 Å². The van der Waals surface area contributed by atoms with Crippen LogP contribution in [0.25, 0.3) is 0 Å². The van der Waals surface area contributed by atoms with Crippen LogP contribution in [0.2, 0.25) is 0 Å². The van der Waals surface area contributed by atoms with Gasteiger partial charge in [-0.15, -0.1) is 11.2 Å². The van der Waals surface area contributed by atoms with Crippen molar-refractivity contribution in [2.24, 2.45) is 0 Å². The molecule has 2 aromatic rings. The predicted molar refractivity (Wildman–Crippen MR) is 101 cm³/mol. The molecule has 0 aliphatic rings. The number of amides is 1. The Morgan fingerprint density at radius 2 is 1.85 bits per heavy atom. The molecule has 0 aromatic heterocycles. The number of nitrogens with zero attached hydrogens (tertiary/aromatic N) is 1. The highest BCUT2D eigenvalue weighted by molar-refractivity contribution is 8.12. The number of hydrogen-bond donors (Lipinski definition) is 2. The minimum absolute atomic E-state index is 0.0652. The molecule has 0 bridgehead atoms. The van der Waals surface area contributed by atoms with Gasteiger partial charge in [-0.2, -0.15) is 0 Å². The van der Waals surface area contributed by atoms with E-state index in [-0.39, 0.29) is 12.3 Å². The fraction of sp³-hybridized carbons (Fsp3) is 0.278. The molecule has 0 radical (unpaired) electrons. The standard InChI is InChI=1S/C18H22N2O5S/c1-26(17-10-8-16(9-11-17)20(22)23)25-13-5-12-19-18(21)24-14-15-6-3-2-4-7-15/h2-4,6-11,26H,5,12-14H2,1H3,(H,19,21). The number of benzene rings is 2. The van der Waals surface area contributed by atoms with Gasteiger partial charge in [-0.25, -0.2) is 4.79 Å². The van der Waals surface area contributed by atoms with E-state index in [2.05, 4.69) is 5.32 Å². The second kappa shape index (κ2) is 10.4. The van der Waals surface area contributed by atoms with Gasteiger partial charge in [-0.05, 0) is 30.4 Å². The van der Waals surface area contributed by atoms with E-state index in [0.29, 0.717) is 19.6 Å². The summed E-state index contributed by atoms with van der Waals surface area (Å²) in [6.45, 7) is 1.18. The summed E-state index contributed by atoms with van der Waals surface area (Å²) in [7, 11) is 0. The molecule has 140 valence electrons. The van der Waals surface area contributed by atoms with E-state index < -0.39 is 22.2 Å². The Morgan fingerprint density at radius 1 is 1.15 bits per heavy atom. The summed E-state index contributed by atoms with van der Waals surface area (Å²) >= 11 is -0.843. The number of carbonyl (C=O) groups excluding carboxylic acids is 1. The summed E-state index contributed by atoms with van der Waals surface area (Å²) in [6.07, 6.45) is 2.14. The highest BCUT2D eigenvalue weighted by Gasteiger charge is 2.07. The lowest BCUT2D eigenvalue weighted by Crippen LogP contribution is -2.25. The number of carbonyl (C=O) groups is 1. The summed E-state index contributed by atoms with van der Waals surface area (Å²) in [5.74, 6) is 0. The van der Waals surface area contributed by atoms with Gasteiger partial charge in [0.1, 0.15) is 6.61 Å². The normalized spacial score (nSPS) is 12.3. The van der Waals surface area contributed by atoms with Gasteiger partial charge in [-0.3, -0.25) is 10.1 Å². The zero-order valence-electron chi connectivity index (χ0n) is 14.5. The van der Waals surface area contributed by atoms with Crippen molar-refractivity contribution >= 4 is 23.0 Å². The molecule has 0 saturated heterocycles. The molecule has 1 unspecified atom stereocenters. The van der Waals surface area contributed by atoms with Crippen molar-refractivity contribution in [3.63, 3.8) is 0 Å². The third-order valence-corrected chi connectivity index (χ3v) is 5.11. The van der Waals surface area contributed by atoms with Crippen LogP contribution in [-0.2, 0) is 15.5 Å². The highest BCUT2D eigenvalue weighted by Crippen LogP contribution is 2.34. The number of non-ortho nitro benzene ring substituents is 1. The first-order valence-electron chi connectivity index (χ1n) is 8.12. The first kappa shape index (κ1) is 19.7. The Labute approximate surface area is 155 Å². The van der Waals surface area contributed by atoms with Crippen LogP contribution in [0.5, 0.6) is 0 Å². The molecule has 2 rings (SSSR count). The fourth-order valence-corrected chi connectivity index (χ4v) is 3.22. The average molecular weight is 378 g/mol. The van der Waals surface area contributed by atoms with Crippen molar-refractivity contribution in [3.05, 3.63) is 70.3 Å². The number of thiol groups is 1. The van der Waals surface area contributed by atoms with Gasteiger partial charge >= 0.3 is 6.09 Å². The van der Waals surface area contributed by atoms with Crippen LogP contribution in [0.4, 0.5) is 10.5 Å². The molecule has 0 spiro atoms. The number of nitrogens with one attached hydrogen (secondary N) is 1. The van der Waals surface area contributed by atoms with Gasteiger partial charge in [0, 0.05) is 23.6 Å². The number of rotatable bonds is 9. The van der Waals surface area contributed by atoms with Crippen LogP contribution in [0.1, 0.15) is 12.0 Å². The molecule has 1 N–H and O–H groups in total. The van der Waals surface area contributed by atoms with Gasteiger partial charge in [0.05, 0.1) is 11.5 Å². The van der Waals surface area contributed by atoms with Crippen molar-refractivity contribution in [1.82, 2.24) is 5.32 Å². The van der Waals surface area contributed by atoms with Crippen molar-refractivity contribution in [2.45, 2.75) is 17.9 Å². The zero-order chi connectivity index (χ0) is 18.8. The van der Waals surface area contributed by atoms with E-state index in [0.717, 1.165) is 10.5 Å². The Hall–Kier alpha value is -2.58. The molecule has 0 fully saturated rings. The summed E-state index contributed by atoms with van der Waals surface area (Å²) < 4.78 is 10.9. The molecular weight excluding hydrogens is 356 g/mol. The maximum atomic E-state index is 11.6. The third kappa shape index (κ3) is 6.73. The maximum absolute atomic E-state index is 11.6. The molecule has 2 aromatic carbocycles. The van der Waals surface area contributed by atoms with Crippen molar-refractivity contribution < 1.29 is 18.6 Å². The summed E-state index contributed by atoms with van der Waals surface area (Å²) in [4.78, 5) is 22.7. The van der Waals surface area contributed by atoms with Gasteiger partial charge in [-0.1, -0.05) is 30.3 Å². The van der Waals surface area contributed by atoms with Crippen LogP contribution >= 0.6 is 11.2 Å². The number of nitro groups is 1. The predicted octanol–water partition coefficient (Wildman–Crippen LogP) is 3.83. The van der Waals surface area contributed by atoms with Crippen LogP contribution in [-0.4, -0.2) is 30.4 Å². The second-order valence-corrected chi connectivity index (χ2v) is 7.22. The minimum atomic E-state index is -0.843. The van der Waals surface area contributed by atoms with Crippen molar-refractivity contribution in [3.8, 4) is 0 Å². The SMILES string of the molecule is C[SH](OCCCNC(=O)OCc1ccccc1)c1ccc([N+](=O)[O-])cc1. The highest BCUT2D eigenvalue weighted by atomic mass is 32.2. The quantitative estimate of drug-likeness (QED) is 0.299. The van der Waals surface area contributed by atoms with Gasteiger partial charge in [0.25, 0.3) is 5.69 Å².